The zero-order chi connectivity index (χ0) is 13.7. The molecule has 1 amide bonds. The number of amides is 1. The van der Waals surface area contributed by atoms with E-state index in [4.69, 9.17) is 0 Å². The lowest BCUT2D eigenvalue weighted by atomic mass is 9.97. The Morgan fingerprint density at radius 3 is 2.37 bits per heavy atom. The predicted molar refractivity (Wildman–Crippen MR) is 77.5 cm³/mol. The van der Waals surface area contributed by atoms with Gasteiger partial charge in [0.15, 0.2) is 0 Å². The summed E-state index contributed by atoms with van der Waals surface area (Å²) in [5, 5.41) is 3.47. The van der Waals surface area contributed by atoms with E-state index in [9.17, 15) is 4.79 Å². The molecule has 0 aliphatic carbocycles. The maximum absolute atomic E-state index is 12.2. The van der Waals surface area contributed by atoms with Gasteiger partial charge in [-0.3, -0.25) is 10.1 Å². The van der Waals surface area contributed by atoms with Crippen LogP contribution in [0.4, 0.5) is 0 Å². The third-order valence-corrected chi connectivity index (χ3v) is 3.90. The van der Waals surface area contributed by atoms with Crippen molar-refractivity contribution >= 4 is 5.91 Å². The van der Waals surface area contributed by atoms with E-state index in [-0.39, 0.29) is 11.6 Å². The number of hydrogen-bond acceptors (Lipinski definition) is 2. The molecule has 1 aliphatic heterocycles. The molecule has 2 rings (SSSR count). The van der Waals surface area contributed by atoms with Crippen molar-refractivity contribution in [2.24, 2.45) is 0 Å². The minimum Gasteiger partial charge on any atom is -0.319 e. The van der Waals surface area contributed by atoms with Gasteiger partial charge in [-0.2, -0.15) is 0 Å². The third kappa shape index (κ3) is 2.98. The van der Waals surface area contributed by atoms with Crippen LogP contribution in [0.5, 0.6) is 0 Å². The van der Waals surface area contributed by atoms with Gasteiger partial charge in [0.2, 0.25) is 5.91 Å². The molecule has 3 heteroatoms. The van der Waals surface area contributed by atoms with Crippen LogP contribution in [0.1, 0.15) is 45.1 Å². The topological polar surface area (TPSA) is 32.3 Å². The monoisotopic (exact) mass is 260 g/mol. The summed E-state index contributed by atoms with van der Waals surface area (Å²) >= 11 is 0. The molecular formula is C16H24N2O. The zero-order valence-corrected chi connectivity index (χ0v) is 12.0. The second-order valence-electron chi connectivity index (χ2n) is 5.35. The molecule has 1 saturated heterocycles. The minimum atomic E-state index is -0.129. The smallest absolute Gasteiger partial charge is 0.238 e. The number of nitrogens with one attached hydrogen (secondary N) is 1. The van der Waals surface area contributed by atoms with E-state index in [0.29, 0.717) is 13.1 Å². The molecule has 0 aromatic heterocycles. The third-order valence-electron chi connectivity index (χ3n) is 3.90. The van der Waals surface area contributed by atoms with Gasteiger partial charge in [0, 0.05) is 6.54 Å². The average molecular weight is 260 g/mol. The number of nitrogens with zero attached hydrogens (tertiary/aromatic N) is 1. The number of hydrogen-bond donors (Lipinski definition) is 1. The van der Waals surface area contributed by atoms with Crippen LogP contribution in [-0.4, -0.2) is 23.0 Å². The summed E-state index contributed by atoms with van der Waals surface area (Å²) in [7, 11) is 0. The Kier molecular flexibility index (Phi) is 4.59. The van der Waals surface area contributed by atoms with Crippen molar-refractivity contribution < 1.29 is 4.79 Å². The lowest BCUT2D eigenvalue weighted by molar-refractivity contribution is -0.131. The summed E-state index contributed by atoms with van der Waals surface area (Å²) in [6.07, 6.45) is 4.23. The first kappa shape index (κ1) is 14.1. The fraction of sp³-hybridized carbons (Fsp3) is 0.562. The molecule has 1 N–H and O–H groups in total. The van der Waals surface area contributed by atoms with Crippen LogP contribution in [0.25, 0.3) is 0 Å². The van der Waals surface area contributed by atoms with Crippen molar-refractivity contribution in [3.8, 4) is 0 Å². The Morgan fingerprint density at radius 1 is 1.16 bits per heavy atom. The summed E-state index contributed by atoms with van der Waals surface area (Å²) in [6, 6.07) is 10.3. The predicted octanol–water partition coefficient (Wildman–Crippen LogP) is 2.91. The second-order valence-corrected chi connectivity index (χ2v) is 5.35. The highest BCUT2D eigenvalue weighted by Crippen LogP contribution is 2.30. The van der Waals surface area contributed by atoms with Crippen LogP contribution in [0.15, 0.2) is 30.3 Å². The van der Waals surface area contributed by atoms with E-state index in [1.165, 1.54) is 5.56 Å². The maximum atomic E-state index is 12.2. The van der Waals surface area contributed by atoms with Gasteiger partial charge in [-0.1, -0.05) is 57.0 Å². The van der Waals surface area contributed by atoms with E-state index < -0.39 is 0 Å². The Balaban J connectivity index is 2.20. The molecule has 1 fully saturated rings. The van der Waals surface area contributed by atoms with Gasteiger partial charge in [0.25, 0.3) is 0 Å². The summed E-state index contributed by atoms with van der Waals surface area (Å²) in [6.45, 7) is 5.56. The van der Waals surface area contributed by atoms with Crippen molar-refractivity contribution in [3.63, 3.8) is 0 Å². The van der Waals surface area contributed by atoms with E-state index in [0.717, 1.165) is 25.7 Å². The van der Waals surface area contributed by atoms with Crippen LogP contribution in [0.2, 0.25) is 0 Å². The Labute approximate surface area is 116 Å². The molecule has 3 nitrogen and oxygen atoms in total. The van der Waals surface area contributed by atoms with E-state index in [2.05, 4.69) is 36.2 Å². The fourth-order valence-electron chi connectivity index (χ4n) is 3.07. The largest absolute Gasteiger partial charge is 0.319 e. The van der Waals surface area contributed by atoms with E-state index in [1.807, 2.05) is 18.2 Å². The Hall–Kier alpha value is -1.35. The number of carbonyl (C=O) groups excluding carboxylic acids is 1. The standard InChI is InChI=1S/C16H24N2O/c1-3-10-16(11-4-2)17-12-15(19)18(16)13-14-8-6-5-7-9-14/h5-9,17H,3-4,10-13H2,1-2H3. The Bertz CT molecular complexity index is 410. The van der Waals surface area contributed by atoms with Crippen molar-refractivity contribution in [2.75, 3.05) is 6.54 Å². The molecule has 0 spiro atoms. The van der Waals surface area contributed by atoms with Gasteiger partial charge < -0.3 is 4.90 Å². The van der Waals surface area contributed by atoms with Crippen LogP contribution in [0.3, 0.4) is 0 Å². The lowest BCUT2D eigenvalue weighted by Crippen LogP contribution is -2.51. The highest BCUT2D eigenvalue weighted by Gasteiger charge is 2.43. The first-order valence-electron chi connectivity index (χ1n) is 7.31. The van der Waals surface area contributed by atoms with E-state index >= 15 is 0 Å². The van der Waals surface area contributed by atoms with Gasteiger partial charge >= 0.3 is 0 Å². The number of benzene rings is 1. The summed E-state index contributed by atoms with van der Waals surface area (Å²) in [5.41, 5.74) is 1.08. The lowest BCUT2D eigenvalue weighted by Gasteiger charge is -2.38. The van der Waals surface area contributed by atoms with Gasteiger partial charge in [0.1, 0.15) is 0 Å². The SMILES string of the molecule is CCCC1(CCC)NCC(=O)N1Cc1ccccc1. The molecule has 1 aliphatic rings. The summed E-state index contributed by atoms with van der Waals surface area (Å²) in [4.78, 5) is 14.3. The van der Waals surface area contributed by atoms with Crippen LogP contribution < -0.4 is 5.32 Å². The first-order valence-corrected chi connectivity index (χ1v) is 7.31. The molecular weight excluding hydrogens is 236 g/mol. The molecule has 1 aromatic carbocycles. The zero-order valence-electron chi connectivity index (χ0n) is 12.0. The van der Waals surface area contributed by atoms with Crippen LogP contribution >= 0.6 is 0 Å². The fourth-order valence-corrected chi connectivity index (χ4v) is 3.07. The second kappa shape index (κ2) is 6.20. The molecule has 19 heavy (non-hydrogen) atoms. The van der Waals surface area contributed by atoms with Crippen molar-refractivity contribution in [3.05, 3.63) is 35.9 Å². The molecule has 0 unspecified atom stereocenters. The summed E-state index contributed by atoms with van der Waals surface area (Å²) < 4.78 is 0. The highest BCUT2D eigenvalue weighted by molar-refractivity contribution is 5.81. The average Bonchev–Trinajstić information content (AvgIpc) is 2.71. The maximum Gasteiger partial charge on any atom is 0.238 e. The molecule has 1 heterocycles. The highest BCUT2D eigenvalue weighted by atomic mass is 16.2. The molecule has 0 bridgehead atoms. The molecule has 0 radical (unpaired) electrons. The minimum absolute atomic E-state index is 0.129. The van der Waals surface area contributed by atoms with Crippen molar-refractivity contribution in [1.82, 2.24) is 10.2 Å². The Morgan fingerprint density at radius 2 is 1.79 bits per heavy atom. The molecule has 0 saturated carbocycles. The molecule has 1 aromatic rings. The van der Waals surface area contributed by atoms with Crippen molar-refractivity contribution in [1.29, 1.82) is 0 Å². The van der Waals surface area contributed by atoms with Crippen LogP contribution in [-0.2, 0) is 11.3 Å². The molecule has 0 atom stereocenters. The quantitative estimate of drug-likeness (QED) is 0.853. The summed E-state index contributed by atoms with van der Waals surface area (Å²) in [5.74, 6) is 0.228. The van der Waals surface area contributed by atoms with Gasteiger partial charge in [0.05, 0.1) is 12.2 Å². The van der Waals surface area contributed by atoms with Crippen molar-refractivity contribution in [2.45, 2.75) is 51.7 Å². The molecule has 104 valence electrons. The van der Waals surface area contributed by atoms with Gasteiger partial charge in [-0.15, -0.1) is 0 Å². The van der Waals surface area contributed by atoms with Gasteiger partial charge in [-0.05, 0) is 18.4 Å². The van der Waals surface area contributed by atoms with Gasteiger partial charge in [-0.25, -0.2) is 0 Å². The number of carbonyl (C=O) groups is 1. The van der Waals surface area contributed by atoms with E-state index in [1.54, 1.807) is 0 Å². The van der Waals surface area contributed by atoms with Crippen LogP contribution in [0, 0.1) is 0 Å². The normalized spacial score (nSPS) is 18.0. The number of rotatable bonds is 6. The first-order chi connectivity index (χ1) is 9.22.